The summed E-state index contributed by atoms with van der Waals surface area (Å²) >= 11 is 0. The van der Waals surface area contributed by atoms with E-state index >= 15 is 0 Å². The maximum Gasteiger partial charge on any atom is 0.317 e. The van der Waals surface area contributed by atoms with Crippen LogP contribution in [0.15, 0.2) is 21.7 Å². The van der Waals surface area contributed by atoms with E-state index in [2.05, 4.69) is 0 Å². The standard InChI is InChI=1S/C21H24N4O5/c1-21(2,3)12-25-16(10-23)15(9-22)24(19(26)20(25)27)11-14-17(29-5)7-13(28-4)8-18(14)30-6/h7-8H,11-12H2,1-6H3. The zero-order valence-corrected chi connectivity index (χ0v) is 17.9. The number of benzene rings is 1. The summed E-state index contributed by atoms with van der Waals surface area (Å²) in [5.74, 6) is 1.16. The lowest BCUT2D eigenvalue weighted by Crippen LogP contribution is -2.45. The molecule has 0 aliphatic carbocycles. The lowest BCUT2D eigenvalue weighted by Gasteiger charge is -2.22. The van der Waals surface area contributed by atoms with Crippen LogP contribution in [-0.4, -0.2) is 30.5 Å². The normalized spacial score (nSPS) is 10.8. The Morgan fingerprint density at radius 3 is 1.73 bits per heavy atom. The number of methoxy groups -OCH3 is 3. The van der Waals surface area contributed by atoms with Gasteiger partial charge in [-0.05, 0) is 5.41 Å². The van der Waals surface area contributed by atoms with Crippen molar-refractivity contribution in [2.75, 3.05) is 21.3 Å². The van der Waals surface area contributed by atoms with E-state index in [9.17, 15) is 20.1 Å². The summed E-state index contributed by atoms with van der Waals surface area (Å²) in [5, 5.41) is 19.4. The molecule has 0 saturated carbocycles. The number of hydrogen-bond donors (Lipinski definition) is 0. The van der Waals surface area contributed by atoms with Crippen molar-refractivity contribution in [2.45, 2.75) is 33.9 Å². The molecule has 0 aliphatic rings. The van der Waals surface area contributed by atoms with Gasteiger partial charge in [-0.1, -0.05) is 20.8 Å². The minimum Gasteiger partial charge on any atom is -0.496 e. The minimum atomic E-state index is -0.908. The van der Waals surface area contributed by atoms with Crippen molar-refractivity contribution in [3.63, 3.8) is 0 Å². The van der Waals surface area contributed by atoms with Crippen LogP contribution in [-0.2, 0) is 13.1 Å². The molecule has 1 aromatic heterocycles. The summed E-state index contributed by atoms with van der Waals surface area (Å²) in [7, 11) is 4.36. The molecule has 0 bridgehead atoms. The first-order chi connectivity index (χ1) is 14.1. The lowest BCUT2D eigenvalue weighted by molar-refractivity contribution is 0.333. The second kappa shape index (κ2) is 8.75. The van der Waals surface area contributed by atoms with Gasteiger partial charge in [-0.2, -0.15) is 10.5 Å². The molecule has 2 rings (SSSR count). The molecule has 158 valence electrons. The predicted octanol–water partition coefficient (Wildman–Crippen LogP) is 1.87. The third-order valence-electron chi connectivity index (χ3n) is 4.41. The molecule has 0 unspecified atom stereocenters. The fourth-order valence-electron chi connectivity index (χ4n) is 3.08. The molecule has 1 aromatic carbocycles. The Hall–Kier alpha value is -3.72. The highest BCUT2D eigenvalue weighted by atomic mass is 16.5. The fourth-order valence-corrected chi connectivity index (χ4v) is 3.08. The van der Waals surface area contributed by atoms with E-state index in [4.69, 9.17) is 14.2 Å². The number of hydrogen-bond acceptors (Lipinski definition) is 7. The van der Waals surface area contributed by atoms with E-state index in [0.717, 1.165) is 9.13 Å². The molecular formula is C21H24N4O5. The van der Waals surface area contributed by atoms with Gasteiger partial charge in [0.05, 0.1) is 33.4 Å². The van der Waals surface area contributed by atoms with E-state index in [1.165, 1.54) is 21.3 Å². The van der Waals surface area contributed by atoms with E-state index < -0.39 is 11.1 Å². The lowest BCUT2D eigenvalue weighted by atomic mass is 9.96. The molecule has 0 aliphatic heterocycles. The zero-order valence-electron chi connectivity index (χ0n) is 17.9. The Labute approximate surface area is 174 Å². The van der Waals surface area contributed by atoms with Crippen LogP contribution in [0, 0.1) is 28.1 Å². The molecule has 30 heavy (non-hydrogen) atoms. The van der Waals surface area contributed by atoms with E-state index in [1.54, 1.807) is 12.1 Å². The van der Waals surface area contributed by atoms with Crippen LogP contribution in [0.5, 0.6) is 17.2 Å². The van der Waals surface area contributed by atoms with Crippen molar-refractivity contribution in [3.05, 3.63) is 49.8 Å². The SMILES string of the molecule is COc1cc(OC)c(Cn2c(C#N)c(C#N)n(CC(C)(C)C)c(=O)c2=O)c(OC)c1. The number of nitriles is 2. The first-order valence-corrected chi connectivity index (χ1v) is 9.08. The first-order valence-electron chi connectivity index (χ1n) is 9.08. The minimum absolute atomic E-state index is 0.120. The van der Waals surface area contributed by atoms with Gasteiger partial charge in [-0.15, -0.1) is 0 Å². The van der Waals surface area contributed by atoms with Gasteiger partial charge < -0.3 is 14.2 Å². The topological polar surface area (TPSA) is 119 Å². The summed E-state index contributed by atoms with van der Waals surface area (Å²) < 4.78 is 18.0. The summed E-state index contributed by atoms with van der Waals surface area (Å²) in [6.45, 7) is 5.52. The second-order valence-electron chi connectivity index (χ2n) is 7.77. The Morgan fingerprint density at radius 2 is 1.33 bits per heavy atom. The van der Waals surface area contributed by atoms with Crippen LogP contribution >= 0.6 is 0 Å². The Kier molecular flexibility index (Phi) is 6.58. The smallest absolute Gasteiger partial charge is 0.317 e. The fraction of sp³-hybridized carbons (Fsp3) is 0.429. The van der Waals surface area contributed by atoms with Crippen molar-refractivity contribution in [1.29, 1.82) is 10.5 Å². The maximum absolute atomic E-state index is 12.9. The molecular weight excluding hydrogens is 388 g/mol. The summed E-state index contributed by atoms with van der Waals surface area (Å²) in [6, 6.07) is 7.00. The van der Waals surface area contributed by atoms with Crippen molar-refractivity contribution in [1.82, 2.24) is 9.13 Å². The van der Waals surface area contributed by atoms with Crippen molar-refractivity contribution < 1.29 is 14.2 Å². The van der Waals surface area contributed by atoms with Crippen LogP contribution in [0.25, 0.3) is 0 Å². The Balaban J connectivity index is 2.82. The first kappa shape index (κ1) is 22.6. The largest absolute Gasteiger partial charge is 0.496 e. The Bertz CT molecular complexity index is 1130. The van der Waals surface area contributed by atoms with Crippen LogP contribution in [0.4, 0.5) is 0 Å². The molecule has 0 N–H and O–H groups in total. The third kappa shape index (κ3) is 4.31. The predicted molar refractivity (Wildman–Crippen MR) is 109 cm³/mol. The molecule has 2 aromatic rings. The molecule has 9 heteroatoms. The van der Waals surface area contributed by atoms with Crippen LogP contribution in [0.1, 0.15) is 37.7 Å². The maximum atomic E-state index is 12.9. The quantitative estimate of drug-likeness (QED) is 0.664. The van der Waals surface area contributed by atoms with Gasteiger partial charge in [0.25, 0.3) is 0 Å². The van der Waals surface area contributed by atoms with Crippen molar-refractivity contribution >= 4 is 0 Å². The average Bonchev–Trinajstić information content (AvgIpc) is 2.71. The highest BCUT2D eigenvalue weighted by molar-refractivity contribution is 5.51. The van der Waals surface area contributed by atoms with Gasteiger partial charge >= 0.3 is 11.1 Å². The number of nitrogens with zero attached hydrogens (tertiary/aromatic N) is 4. The van der Waals surface area contributed by atoms with E-state index in [0.29, 0.717) is 22.8 Å². The van der Waals surface area contributed by atoms with E-state index in [-0.39, 0.29) is 29.9 Å². The second-order valence-corrected chi connectivity index (χ2v) is 7.77. The molecule has 0 atom stereocenters. The summed E-state index contributed by atoms with van der Waals surface area (Å²) in [5.41, 5.74) is -2.10. The molecule has 0 saturated heterocycles. The van der Waals surface area contributed by atoms with Gasteiger partial charge in [-0.25, -0.2) is 0 Å². The molecule has 9 nitrogen and oxygen atoms in total. The van der Waals surface area contributed by atoms with Gasteiger partial charge in [0.1, 0.15) is 29.4 Å². The molecule has 0 amide bonds. The number of aromatic nitrogens is 2. The zero-order chi connectivity index (χ0) is 22.6. The van der Waals surface area contributed by atoms with Crippen LogP contribution < -0.4 is 25.3 Å². The average molecular weight is 412 g/mol. The van der Waals surface area contributed by atoms with Gasteiger partial charge in [0.15, 0.2) is 11.4 Å². The van der Waals surface area contributed by atoms with Crippen molar-refractivity contribution in [2.24, 2.45) is 5.41 Å². The molecule has 0 spiro atoms. The van der Waals surface area contributed by atoms with Crippen molar-refractivity contribution in [3.8, 4) is 29.4 Å². The molecule has 0 radical (unpaired) electrons. The Morgan fingerprint density at radius 1 is 0.867 bits per heavy atom. The van der Waals surface area contributed by atoms with Gasteiger partial charge in [-0.3, -0.25) is 18.7 Å². The molecule has 1 heterocycles. The van der Waals surface area contributed by atoms with E-state index in [1.807, 2.05) is 32.9 Å². The third-order valence-corrected chi connectivity index (χ3v) is 4.41. The van der Waals surface area contributed by atoms with Gasteiger partial charge in [0, 0.05) is 18.7 Å². The number of ether oxygens (including phenoxy) is 3. The summed E-state index contributed by atoms with van der Waals surface area (Å²) in [4.78, 5) is 25.7. The van der Waals surface area contributed by atoms with Gasteiger partial charge in [0.2, 0.25) is 0 Å². The number of rotatable bonds is 6. The summed E-state index contributed by atoms with van der Waals surface area (Å²) in [6.07, 6.45) is 0. The molecule has 0 fully saturated rings. The van der Waals surface area contributed by atoms with Crippen LogP contribution in [0.2, 0.25) is 0 Å². The highest BCUT2D eigenvalue weighted by Crippen LogP contribution is 2.34. The monoisotopic (exact) mass is 412 g/mol. The van der Waals surface area contributed by atoms with Crippen LogP contribution in [0.3, 0.4) is 0 Å². The highest BCUT2D eigenvalue weighted by Gasteiger charge is 2.24.